The molecular formula is C29H36N4O5. The Morgan fingerprint density at radius 3 is 2.68 bits per heavy atom. The van der Waals surface area contributed by atoms with E-state index in [1.165, 1.54) is 4.90 Å². The highest BCUT2D eigenvalue weighted by Crippen LogP contribution is 2.47. The van der Waals surface area contributed by atoms with Gasteiger partial charge in [-0.25, -0.2) is 4.79 Å². The van der Waals surface area contributed by atoms with Crippen molar-refractivity contribution >= 4 is 22.8 Å². The van der Waals surface area contributed by atoms with Crippen molar-refractivity contribution in [3.05, 3.63) is 59.3 Å². The Hall–Kier alpha value is -3.56. The fourth-order valence-corrected chi connectivity index (χ4v) is 6.02. The number of amides is 3. The molecule has 9 heteroatoms. The summed E-state index contributed by atoms with van der Waals surface area (Å²) in [6.07, 6.45) is 0.838. The van der Waals surface area contributed by atoms with E-state index in [0.717, 1.165) is 40.0 Å². The normalized spacial score (nSPS) is 20.9. The Morgan fingerprint density at radius 1 is 1.16 bits per heavy atom. The average molecular weight is 521 g/mol. The number of aliphatic hydroxyl groups excluding tert-OH is 1. The lowest BCUT2D eigenvalue weighted by Crippen LogP contribution is -2.53. The number of likely N-dealkylation sites (N-methyl/N-ethyl adjacent to an activating group) is 1. The SMILES string of the molecule is CCOc1ccc2[nH]c3c(c2c1)C[C@@]1(C)C(=O)N(CCN(CC)CCO)C(=O)N1C3Cc1cccc(O)c1. The molecular weight excluding hydrogens is 484 g/mol. The number of aromatic amines is 1. The second kappa shape index (κ2) is 10.3. The summed E-state index contributed by atoms with van der Waals surface area (Å²) in [5.74, 6) is 0.718. The minimum absolute atomic E-state index is 0.0248. The van der Waals surface area contributed by atoms with Gasteiger partial charge in [0.2, 0.25) is 0 Å². The number of ether oxygens (including phenoxy) is 1. The number of aromatic nitrogens is 1. The molecule has 1 unspecified atom stereocenters. The van der Waals surface area contributed by atoms with Gasteiger partial charge in [0.05, 0.1) is 19.3 Å². The van der Waals surface area contributed by atoms with Crippen molar-refractivity contribution in [2.75, 3.05) is 39.4 Å². The van der Waals surface area contributed by atoms with Crippen LogP contribution in [0.2, 0.25) is 0 Å². The van der Waals surface area contributed by atoms with E-state index in [9.17, 15) is 19.8 Å². The topological polar surface area (TPSA) is 109 Å². The maximum absolute atomic E-state index is 13.9. The number of carbonyl (C=O) groups excluding carboxylic acids is 2. The second-order valence-corrected chi connectivity index (χ2v) is 10.3. The van der Waals surface area contributed by atoms with Gasteiger partial charge in [0.15, 0.2) is 0 Å². The second-order valence-electron chi connectivity index (χ2n) is 10.3. The number of hydrogen-bond donors (Lipinski definition) is 3. The van der Waals surface area contributed by atoms with Gasteiger partial charge in [-0.05, 0) is 68.3 Å². The molecule has 2 aliphatic rings. The summed E-state index contributed by atoms with van der Waals surface area (Å²) in [6.45, 7) is 8.35. The summed E-state index contributed by atoms with van der Waals surface area (Å²) in [5, 5.41) is 20.5. The highest BCUT2D eigenvalue weighted by molar-refractivity contribution is 6.08. The molecule has 3 heterocycles. The number of hydrogen-bond acceptors (Lipinski definition) is 6. The molecule has 9 nitrogen and oxygen atoms in total. The molecule has 1 fully saturated rings. The van der Waals surface area contributed by atoms with Gasteiger partial charge < -0.3 is 24.8 Å². The van der Waals surface area contributed by atoms with Crippen molar-refractivity contribution in [3.63, 3.8) is 0 Å². The number of rotatable bonds is 10. The molecule has 3 N–H and O–H groups in total. The smallest absolute Gasteiger partial charge is 0.328 e. The van der Waals surface area contributed by atoms with Crippen LogP contribution < -0.4 is 4.74 Å². The van der Waals surface area contributed by atoms with Crippen LogP contribution in [0.5, 0.6) is 11.5 Å². The first-order valence-electron chi connectivity index (χ1n) is 13.3. The van der Waals surface area contributed by atoms with Crippen molar-refractivity contribution in [3.8, 4) is 11.5 Å². The first kappa shape index (κ1) is 26.1. The number of aromatic hydroxyl groups is 1. The molecule has 0 spiro atoms. The van der Waals surface area contributed by atoms with Gasteiger partial charge in [0, 0.05) is 42.7 Å². The van der Waals surface area contributed by atoms with E-state index in [1.807, 2.05) is 49.9 Å². The molecule has 2 aromatic carbocycles. The average Bonchev–Trinajstić information content (AvgIpc) is 3.34. The zero-order valence-electron chi connectivity index (χ0n) is 22.2. The minimum Gasteiger partial charge on any atom is -0.508 e. The molecule has 0 bridgehead atoms. The minimum atomic E-state index is -1.05. The lowest BCUT2D eigenvalue weighted by Gasteiger charge is -2.42. The quantitative estimate of drug-likeness (QED) is 0.354. The molecule has 1 aromatic heterocycles. The predicted molar refractivity (Wildman–Crippen MR) is 144 cm³/mol. The molecule has 38 heavy (non-hydrogen) atoms. The summed E-state index contributed by atoms with van der Waals surface area (Å²) in [6, 6.07) is 12.2. The number of imide groups is 1. The summed E-state index contributed by atoms with van der Waals surface area (Å²) in [4.78, 5) is 36.5. The molecule has 3 aromatic rings. The van der Waals surface area contributed by atoms with E-state index in [-0.39, 0.29) is 30.8 Å². The van der Waals surface area contributed by atoms with Gasteiger partial charge in [-0.3, -0.25) is 14.6 Å². The first-order valence-corrected chi connectivity index (χ1v) is 13.3. The summed E-state index contributed by atoms with van der Waals surface area (Å²) < 4.78 is 5.76. The number of nitrogens with one attached hydrogen (secondary N) is 1. The molecule has 5 rings (SSSR count). The predicted octanol–water partition coefficient (Wildman–Crippen LogP) is 3.45. The van der Waals surface area contributed by atoms with Crippen LogP contribution in [0.1, 0.15) is 43.6 Å². The first-order chi connectivity index (χ1) is 18.3. The number of phenolic OH excluding ortho intramolecular Hbond substituents is 1. The van der Waals surface area contributed by atoms with E-state index in [1.54, 1.807) is 23.1 Å². The Bertz CT molecular complexity index is 1350. The van der Waals surface area contributed by atoms with Gasteiger partial charge in [-0.2, -0.15) is 0 Å². The van der Waals surface area contributed by atoms with Crippen molar-refractivity contribution < 1.29 is 24.5 Å². The molecule has 3 amide bonds. The van der Waals surface area contributed by atoms with E-state index in [2.05, 4.69) is 4.98 Å². The van der Waals surface area contributed by atoms with E-state index in [0.29, 0.717) is 32.5 Å². The third-order valence-electron chi connectivity index (χ3n) is 7.90. The molecule has 0 radical (unpaired) electrons. The third kappa shape index (κ3) is 4.39. The number of carbonyl (C=O) groups is 2. The van der Waals surface area contributed by atoms with Gasteiger partial charge in [-0.1, -0.05) is 19.1 Å². The largest absolute Gasteiger partial charge is 0.508 e. The molecule has 0 saturated carbocycles. The van der Waals surface area contributed by atoms with Crippen LogP contribution in [0.3, 0.4) is 0 Å². The summed E-state index contributed by atoms with van der Waals surface area (Å²) >= 11 is 0. The number of phenols is 1. The Kier molecular flexibility index (Phi) is 7.07. The van der Waals surface area contributed by atoms with E-state index >= 15 is 0 Å². The van der Waals surface area contributed by atoms with Crippen LogP contribution in [0.4, 0.5) is 4.79 Å². The fraction of sp³-hybridized carbons (Fsp3) is 0.448. The highest BCUT2D eigenvalue weighted by Gasteiger charge is 2.59. The number of benzene rings is 2. The van der Waals surface area contributed by atoms with Crippen LogP contribution >= 0.6 is 0 Å². The van der Waals surface area contributed by atoms with Crippen molar-refractivity contribution in [1.82, 2.24) is 19.7 Å². The summed E-state index contributed by atoms with van der Waals surface area (Å²) in [7, 11) is 0. The van der Waals surface area contributed by atoms with Crippen molar-refractivity contribution in [2.45, 2.75) is 45.2 Å². The van der Waals surface area contributed by atoms with Crippen LogP contribution in [0.15, 0.2) is 42.5 Å². The Labute approximate surface area is 222 Å². The lowest BCUT2D eigenvalue weighted by molar-refractivity contribution is -0.133. The monoisotopic (exact) mass is 520 g/mol. The van der Waals surface area contributed by atoms with Gasteiger partial charge in [0.1, 0.15) is 17.0 Å². The molecule has 2 aliphatic heterocycles. The highest BCUT2D eigenvalue weighted by atomic mass is 16.5. The molecule has 202 valence electrons. The standard InChI is InChI=1S/C29H36N4O5/c1-4-31(13-14-34)11-12-32-27(36)29(3)18-23-22-17-21(38-5-2)9-10-24(22)30-26(23)25(33(29)28(32)37)16-19-7-6-8-20(35)15-19/h6-10,15,17,25,30,34-35H,4-5,11-14,16,18H2,1-3H3/t25?,29-/m0/s1. The Balaban J connectivity index is 1.57. The third-order valence-corrected chi connectivity index (χ3v) is 7.90. The number of urea groups is 1. The number of nitrogens with zero attached hydrogens (tertiary/aromatic N) is 3. The maximum atomic E-state index is 13.9. The van der Waals surface area contributed by atoms with Crippen LogP contribution in [0, 0.1) is 0 Å². The number of aliphatic hydroxyl groups is 1. The van der Waals surface area contributed by atoms with Gasteiger partial charge in [0.25, 0.3) is 5.91 Å². The maximum Gasteiger partial charge on any atom is 0.328 e. The van der Waals surface area contributed by atoms with Crippen LogP contribution in [0.25, 0.3) is 10.9 Å². The fourth-order valence-electron chi connectivity index (χ4n) is 6.02. The Morgan fingerprint density at radius 2 is 1.97 bits per heavy atom. The van der Waals surface area contributed by atoms with E-state index < -0.39 is 11.6 Å². The van der Waals surface area contributed by atoms with Crippen LogP contribution in [-0.2, 0) is 17.6 Å². The molecule has 1 saturated heterocycles. The van der Waals surface area contributed by atoms with Crippen molar-refractivity contribution in [2.24, 2.45) is 0 Å². The zero-order chi connectivity index (χ0) is 27.0. The van der Waals surface area contributed by atoms with Crippen LogP contribution in [-0.4, -0.2) is 86.8 Å². The number of fused-ring (bicyclic) bond motifs is 4. The zero-order valence-corrected chi connectivity index (χ0v) is 22.2. The van der Waals surface area contributed by atoms with Crippen molar-refractivity contribution in [1.29, 1.82) is 0 Å². The van der Waals surface area contributed by atoms with Gasteiger partial charge >= 0.3 is 6.03 Å². The van der Waals surface area contributed by atoms with Gasteiger partial charge in [-0.15, -0.1) is 0 Å². The van der Waals surface area contributed by atoms with E-state index in [4.69, 9.17) is 4.74 Å². The molecule has 2 atom stereocenters. The lowest BCUT2D eigenvalue weighted by atomic mass is 9.81. The summed E-state index contributed by atoms with van der Waals surface area (Å²) in [5.41, 5.74) is 2.69. The molecule has 0 aliphatic carbocycles. The number of H-pyrrole nitrogens is 1.